The first-order valence-corrected chi connectivity index (χ1v) is 3.25. The second-order valence-corrected chi connectivity index (χ2v) is 2.32. The van der Waals surface area contributed by atoms with Crippen LogP contribution in [-0.4, -0.2) is 12.1 Å². The van der Waals surface area contributed by atoms with Crippen LogP contribution in [0.1, 0.15) is 12.8 Å². The topological polar surface area (TPSA) is 26.3 Å². The molecule has 0 bridgehead atoms. The van der Waals surface area contributed by atoms with Gasteiger partial charge in [-0.25, -0.2) is 4.79 Å². The van der Waals surface area contributed by atoms with Crippen molar-refractivity contribution in [1.29, 1.82) is 0 Å². The molecule has 2 nitrogen and oxygen atoms in total. The molecule has 0 radical (unpaired) electrons. The summed E-state index contributed by atoms with van der Waals surface area (Å²) in [6.45, 7) is 7.09. The highest BCUT2D eigenvalue weighted by Crippen LogP contribution is 2.17. The Morgan fingerprint density at radius 1 is 1.70 bits per heavy atom. The third-order valence-corrected chi connectivity index (χ3v) is 1.54. The van der Waals surface area contributed by atoms with E-state index in [0.717, 1.165) is 12.8 Å². The van der Waals surface area contributed by atoms with Crippen molar-refractivity contribution >= 4 is 5.97 Å². The lowest BCUT2D eigenvalue weighted by Crippen LogP contribution is -2.22. The minimum atomic E-state index is -0.281. The Hall–Kier alpha value is -1.05. The average Bonchev–Trinajstić information content (AvgIpc) is 1.95. The van der Waals surface area contributed by atoms with Crippen molar-refractivity contribution in [2.24, 2.45) is 0 Å². The predicted molar refractivity (Wildman–Crippen MR) is 38.5 cm³/mol. The van der Waals surface area contributed by atoms with Gasteiger partial charge in [0.25, 0.3) is 0 Å². The summed E-state index contributed by atoms with van der Waals surface area (Å²) >= 11 is 0. The average molecular weight is 138 g/mol. The van der Waals surface area contributed by atoms with Gasteiger partial charge in [0.05, 0.1) is 0 Å². The van der Waals surface area contributed by atoms with Gasteiger partial charge in [-0.05, 0) is 12.8 Å². The van der Waals surface area contributed by atoms with Crippen LogP contribution in [-0.2, 0) is 9.53 Å². The summed E-state index contributed by atoms with van der Waals surface area (Å²) in [5.74, 6) is -0.281. The van der Waals surface area contributed by atoms with Crippen LogP contribution >= 0.6 is 0 Å². The van der Waals surface area contributed by atoms with E-state index in [2.05, 4.69) is 13.2 Å². The van der Waals surface area contributed by atoms with Crippen LogP contribution in [0.25, 0.3) is 0 Å². The van der Waals surface area contributed by atoms with E-state index in [9.17, 15) is 4.79 Å². The SMILES string of the molecule is C=CC1CCC(=C)C(=O)O1. The van der Waals surface area contributed by atoms with Crippen molar-refractivity contribution in [1.82, 2.24) is 0 Å². The smallest absolute Gasteiger partial charge is 0.333 e. The number of esters is 1. The first kappa shape index (κ1) is 7.06. The van der Waals surface area contributed by atoms with Crippen LogP contribution in [0.4, 0.5) is 0 Å². The monoisotopic (exact) mass is 138 g/mol. The Bertz CT molecular complexity index is 182. The Kier molecular flexibility index (Phi) is 1.90. The lowest BCUT2D eigenvalue weighted by atomic mass is 10.1. The third kappa shape index (κ3) is 1.26. The number of ether oxygens (including phenoxy) is 1. The molecule has 10 heavy (non-hydrogen) atoms. The van der Waals surface area contributed by atoms with E-state index < -0.39 is 0 Å². The largest absolute Gasteiger partial charge is 0.455 e. The van der Waals surface area contributed by atoms with E-state index in [1.807, 2.05) is 0 Å². The van der Waals surface area contributed by atoms with Gasteiger partial charge in [0.1, 0.15) is 6.10 Å². The molecule has 0 aliphatic carbocycles. The summed E-state index contributed by atoms with van der Waals surface area (Å²) in [6.07, 6.45) is 3.10. The summed E-state index contributed by atoms with van der Waals surface area (Å²) in [6, 6.07) is 0. The predicted octanol–water partition coefficient (Wildman–Crippen LogP) is 1.43. The molecule has 1 saturated heterocycles. The highest BCUT2D eigenvalue weighted by atomic mass is 16.5. The number of cyclic esters (lactones) is 1. The van der Waals surface area contributed by atoms with Gasteiger partial charge in [0.15, 0.2) is 0 Å². The highest BCUT2D eigenvalue weighted by molar-refractivity contribution is 5.88. The fourth-order valence-corrected chi connectivity index (χ4v) is 0.864. The van der Waals surface area contributed by atoms with Gasteiger partial charge < -0.3 is 4.74 Å². The molecule has 0 aromatic rings. The van der Waals surface area contributed by atoms with Gasteiger partial charge >= 0.3 is 5.97 Å². The molecule has 1 fully saturated rings. The van der Waals surface area contributed by atoms with Crippen molar-refractivity contribution in [3.8, 4) is 0 Å². The molecular weight excluding hydrogens is 128 g/mol. The van der Waals surface area contributed by atoms with Crippen LogP contribution in [0.2, 0.25) is 0 Å². The molecule has 0 spiro atoms. The fourth-order valence-electron chi connectivity index (χ4n) is 0.864. The summed E-state index contributed by atoms with van der Waals surface area (Å²) in [5.41, 5.74) is 0.568. The van der Waals surface area contributed by atoms with Gasteiger partial charge in [0.2, 0.25) is 0 Å². The Morgan fingerprint density at radius 3 is 2.90 bits per heavy atom. The molecule has 1 rings (SSSR count). The highest BCUT2D eigenvalue weighted by Gasteiger charge is 2.20. The van der Waals surface area contributed by atoms with Gasteiger partial charge in [-0.3, -0.25) is 0 Å². The minimum Gasteiger partial charge on any atom is -0.455 e. The van der Waals surface area contributed by atoms with Crippen molar-refractivity contribution in [2.45, 2.75) is 18.9 Å². The number of hydrogen-bond donors (Lipinski definition) is 0. The summed E-state index contributed by atoms with van der Waals surface area (Å²) in [4.78, 5) is 10.8. The molecule has 0 saturated carbocycles. The third-order valence-electron chi connectivity index (χ3n) is 1.54. The summed E-state index contributed by atoms with van der Waals surface area (Å²) in [5, 5.41) is 0. The Labute approximate surface area is 60.2 Å². The normalized spacial score (nSPS) is 25.8. The maximum atomic E-state index is 10.8. The maximum absolute atomic E-state index is 10.8. The fraction of sp³-hybridized carbons (Fsp3) is 0.375. The molecule has 0 N–H and O–H groups in total. The molecule has 1 aliphatic heterocycles. The van der Waals surface area contributed by atoms with E-state index in [1.54, 1.807) is 6.08 Å². The van der Waals surface area contributed by atoms with Gasteiger partial charge in [-0.2, -0.15) is 0 Å². The molecule has 2 heteroatoms. The van der Waals surface area contributed by atoms with Crippen LogP contribution in [0.5, 0.6) is 0 Å². The Balaban J connectivity index is 2.56. The zero-order valence-electron chi connectivity index (χ0n) is 5.80. The van der Waals surface area contributed by atoms with Crippen molar-refractivity contribution < 1.29 is 9.53 Å². The van der Waals surface area contributed by atoms with E-state index in [-0.39, 0.29) is 12.1 Å². The number of carbonyl (C=O) groups excluding carboxylic acids is 1. The first-order valence-electron chi connectivity index (χ1n) is 3.25. The van der Waals surface area contributed by atoms with Gasteiger partial charge in [-0.1, -0.05) is 19.2 Å². The molecule has 1 unspecified atom stereocenters. The van der Waals surface area contributed by atoms with E-state index in [4.69, 9.17) is 4.74 Å². The summed E-state index contributed by atoms with van der Waals surface area (Å²) in [7, 11) is 0. The second-order valence-electron chi connectivity index (χ2n) is 2.32. The zero-order valence-corrected chi connectivity index (χ0v) is 5.80. The van der Waals surface area contributed by atoms with Gasteiger partial charge in [0, 0.05) is 5.57 Å². The molecule has 0 aromatic heterocycles. The number of carbonyl (C=O) groups is 1. The molecular formula is C8H10O2. The van der Waals surface area contributed by atoms with Crippen LogP contribution in [0.3, 0.4) is 0 Å². The van der Waals surface area contributed by atoms with Crippen LogP contribution in [0.15, 0.2) is 24.8 Å². The molecule has 54 valence electrons. The van der Waals surface area contributed by atoms with E-state index >= 15 is 0 Å². The summed E-state index contributed by atoms with van der Waals surface area (Å²) < 4.78 is 4.89. The number of rotatable bonds is 1. The maximum Gasteiger partial charge on any atom is 0.333 e. The van der Waals surface area contributed by atoms with Crippen LogP contribution in [0, 0.1) is 0 Å². The molecule has 0 amide bonds. The zero-order chi connectivity index (χ0) is 7.56. The van der Waals surface area contributed by atoms with Crippen molar-refractivity contribution in [2.75, 3.05) is 0 Å². The molecule has 1 heterocycles. The minimum absolute atomic E-state index is 0.0991. The number of hydrogen-bond acceptors (Lipinski definition) is 2. The van der Waals surface area contributed by atoms with E-state index in [0.29, 0.717) is 5.57 Å². The van der Waals surface area contributed by atoms with Gasteiger partial charge in [-0.15, -0.1) is 0 Å². The molecule has 1 aliphatic rings. The first-order chi connectivity index (χ1) is 4.74. The van der Waals surface area contributed by atoms with E-state index in [1.165, 1.54) is 0 Å². The lowest BCUT2D eigenvalue weighted by Gasteiger charge is -2.19. The molecule has 1 atom stereocenters. The molecule has 0 aromatic carbocycles. The lowest BCUT2D eigenvalue weighted by molar-refractivity contribution is -0.144. The quantitative estimate of drug-likeness (QED) is 0.311. The standard InChI is InChI=1S/C8H10O2/c1-3-7-5-4-6(2)8(9)10-7/h3,7H,1-2,4-5H2. The van der Waals surface area contributed by atoms with Crippen molar-refractivity contribution in [3.63, 3.8) is 0 Å². The Morgan fingerprint density at radius 2 is 2.40 bits per heavy atom. The second kappa shape index (κ2) is 2.69. The van der Waals surface area contributed by atoms with Crippen molar-refractivity contribution in [3.05, 3.63) is 24.8 Å². The van der Waals surface area contributed by atoms with Crippen LogP contribution < -0.4 is 0 Å².